The fraction of sp³-hybridized carbons (Fsp3) is 0.105. The highest BCUT2D eigenvalue weighted by atomic mass is 15.1. The number of anilines is 1. The van der Waals surface area contributed by atoms with Gasteiger partial charge in [0, 0.05) is 18.2 Å². The molecular weight excluding hydrogens is 298 g/mol. The van der Waals surface area contributed by atoms with Gasteiger partial charge in [0.15, 0.2) is 12.4 Å². The van der Waals surface area contributed by atoms with Crippen LogP contribution in [0.1, 0.15) is 16.7 Å². The van der Waals surface area contributed by atoms with E-state index in [4.69, 9.17) is 0 Å². The lowest BCUT2D eigenvalue weighted by Gasteiger charge is -2.06. The maximum absolute atomic E-state index is 9.53. The lowest BCUT2D eigenvalue weighted by Crippen LogP contribution is -2.27. The zero-order valence-corrected chi connectivity index (χ0v) is 13.3. The number of nitrogens with zero attached hydrogens (tertiary/aromatic N) is 2. The van der Waals surface area contributed by atoms with Gasteiger partial charge in [0.05, 0.1) is 6.54 Å². The molecule has 3 heterocycles. The van der Waals surface area contributed by atoms with E-state index in [1.807, 2.05) is 55.7 Å². The minimum absolute atomic E-state index is 0.672. The first-order valence-electron chi connectivity index (χ1n) is 7.83. The van der Waals surface area contributed by atoms with Crippen LogP contribution in [-0.2, 0) is 6.54 Å². The molecule has 0 amide bonds. The standard InChI is InChI=1S/C19H15N5/c1-13-10-18(22-12-14-6-8-21-9-7-14)24-17-5-3-2-4-16(17)23-19(24)15(13)11-20/h2-10H,12H2,1H3,(H,22,23)/p+2. The molecule has 0 radical (unpaired) electrons. The van der Waals surface area contributed by atoms with E-state index in [0.29, 0.717) is 12.1 Å². The molecule has 4 rings (SSSR count). The number of aromatic amines is 2. The summed E-state index contributed by atoms with van der Waals surface area (Å²) >= 11 is 0. The van der Waals surface area contributed by atoms with Crippen LogP contribution in [0.4, 0.5) is 5.82 Å². The number of imidazole rings is 1. The van der Waals surface area contributed by atoms with Crippen molar-refractivity contribution in [1.82, 2.24) is 4.98 Å². The fourth-order valence-corrected chi connectivity index (χ4v) is 3.03. The van der Waals surface area contributed by atoms with Crippen molar-refractivity contribution in [3.8, 4) is 6.07 Å². The van der Waals surface area contributed by atoms with E-state index in [9.17, 15) is 5.26 Å². The minimum atomic E-state index is 0.672. The number of rotatable bonds is 3. The van der Waals surface area contributed by atoms with Crippen LogP contribution < -0.4 is 14.7 Å². The fourth-order valence-electron chi connectivity index (χ4n) is 3.03. The van der Waals surface area contributed by atoms with E-state index in [0.717, 1.165) is 28.1 Å². The first-order chi connectivity index (χ1) is 11.8. The van der Waals surface area contributed by atoms with Crippen LogP contribution in [0.3, 0.4) is 0 Å². The number of benzene rings is 1. The summed E-state index contributed by atoms with van der Waals surface area (Å²) in [5.41, 5.74) is 5.69. The van der Waals surface area contributed by atoms with Gasteiger partial charge in [0.25, 0.3) is 0 Å². The quantitative estimate of drug-likeness (QED) is 0.570. The molecule has 0 atom stereocenters. The van der Waals surface area contributed by atoms with Gasteiger partial charge in [-0.1, -0.05) is 12.1 Å². The average Bonchev–Trinajstić information content (AvgIpc) is 3.00. The van der Waals surface area contributed by atoms with E-state index < -0.39 is 0 Å². The van der Waals surface area contributed by atoms with Crippen LogP contribution in [-0.4, -0.2) is 4.98 Å². The average molecular weight is 315 g/mol. The van der Waals surface area contributed by atoms with Crippen molar-refractivity contribution in [2.75, 3.05) is 5.32 Å². The summed E-state index contributed by atoms with van der Waals surface area (Å²) in [6, 6.07) is 16.5. The maximum Gasteiger partial charge on any atom is 0.250 e. The largest absolute Gasteiger partial charge is 0.301 e. The number of hydrogen-bond donors (Lipinski definition) is 2. The Morgan fingerprint density at radius 1 is 1.21 bits per heavy atom. The third kappa shape index (κ3) is 2.25. The molecule has 0 fully saturated rings. The van der Waals surface area contributed by atoms with Crippen molar-refractivity contribution in [2.24, 2.45) is 0 Å². The van der Waals surface area contributed by atoms with Crippen molar-refractivity contribution in [3.05, 3.63) is 71.5 Å². The van der Waals surface area contributed by atoms with E-state index >= 15 is 0 Å². The molecule has 3 N–H and O–H groups in total. The van der Waals surface area contributed by atoms with Crippen molar-refractivity contribution in [2.45, 2.75) is 13.5 Å². The van der Waals surface area contributed by atoms with Gasteiger partial charge in [0.2, 0.25) is 11.5 Å². The smallest absolute Gasteiger partial charge is 0.250 e. The number of aryl methyl sites for hydroxylation is 1. The van der Waals surface area contributed by atoms with Crippen molar-refractivity contribution in [3.63, 3.8) is 0 Å². The van der Waals surface area contributed by atoms with Gasteiger partial charge in [-0.05, 0) is 30.2 Å². The van der Waals surface area contributed by atoms with E-state index in [1.165, 1.54) is 5.56 Å². The molecule has 0 saturated carbocycles. The first-order valence-corrected chi connectivity index (χ1v) is 7.83. The number of fused-ring (bicyclic) bond motifs is 3. The summed E-state index contributed by atoms with van der Waals surface area (Å²) in [5.74, 6) is 0.965. The predicted octanol–water partition coefficient (Wildman–Crippen LogP) is 2.51. The maximum atomic E-state index is 9.53. The van der Waals surface area contributed by atoms with Crippen molar-refractivity contribution < 1.29 is 9.38 Å². The van der Waals surface area contributed by atoms with Gasteiger partial charge >= 0.3 is 0 Å². The van der Waals surface area contributed by atoms with Gasteiger partial charge in [-0.2, -0.15) is 9.66 Å². The minimum Gasteiger partial charge on any atom is -0.301 e. The Morgan fingerprint density at radius 2 is 2.00 bits per heavy atom. The SMILES string of the molecule is Cc1cc(NCc2cc[nH+]cc2)[n+]2c([nH]c3ccccc32)c1C#N. The summed E-state index contributed by atoms with van der Waals surface area (Å²) < 4.78 is 2.08. The van der Waals surface area contributed by atoms with Crippen LogP contribution in [0.5, 0.6) is 0 Å². The topological polar surface area (TPSA) is 69.8 Å². The Hall–Kier alpha value is -3.39. The summed E-state index contributed by atoms with van der Waals surface area (Å²) in [6.45, 7) is 2.67. The molecular formula is C19H17N5+2. The number of nitriles is 1. The normalized spacial score (nSPS) is 10.8. The Kier molecular flexibility index (Phi) is 3.36. The highest BCUT2D eigenvalue weighted by molar-refractivity contribution is 5.77. The molecule has 24 heavy (non-hydrogen) atoms. The lowest BCUT2D eigenvalue weighted by atomic mass is 10.1. The Morgan fingerprint density at radius 3 is 2.79 bits per heavy atom. The van der Waals surface area contributed by atoms with Crippen LogP contribution in [0.15, 0.2) is 54.9 Å². The third-order valence-electron chi connectivity index (χ3n) is 4.22. The highest BCUT2D eigenvalue weighted by Crippen LogP contribution is 2.20. The summed E-state index contributed by atoms with van der Waals surface area (Å²) in [4.78, 5) is 6.40. The van der Waals surface area contributed by atoms with Gasteiger partial charge in [0.1, 0.15) is 22.7 Å². The number of aromatic nitrogens is 3. The number of pyridine rings is 2. The van der Waals surface area contributed by atoms with Gasteiger partial charge in [-0.3, -0.25) is 4.98 Å². The molecule has 0 aliphatic heterocycles. The zero-order chi connectivity index (χ0) is 16.5. The second-order valence-electron chi connectivity index (χ2n) is 5.79. The van der Waals surface area contributed by atoms with Crippen LogP contribution >= 0.6 is 0 Å². The predicted molar refractivity (Wildman–Crippen MR) is 91.2 cm³/mol. The van der Waals surface area contributed by atoms with E-state index in [1.54, 1.807) is 0 Å². The molecule has 4 aromatic rings. The number of nitrogens with one attached hydrogen (secondary N) is 3. The Labute approximate surface area is 139 Å². The lowest BCUT2D eigenvalue weighted by molar-refractivity contribution is -0.465. The van der Waals surface area contributed by atoms with Crippen molar-refractivity contribution >= 4 is 22.5 Å². The molecule has 5 heteroatoms. The number of para-hydroxylation sites is 2. The summed E-state index contributed by atoms with van der Waals surface area (Å²) in [7, 11) is 0. The monoisotopic (exact) mass is 315 g/mol. The van der Waals surface area contributed by atoms with E-state index in [2.05, 4.69) is 31.8 Å². The van der Waals surface area contributed by atoms with Crippen LogP contribution in [0.2, 0.25) is 0 Å². The number of H-pyrrole nitrogens is 2. The third-order valence-corrected chi connectivity index (χ3v) is 4.22. The highest BCUT2D eigenvalue weighted by Gasteiger charge is 2.20. The second-order valence-corrected chi connectivity index (χ2v) is 5.79. The van der Waals surface area contributed by atoms with Gasteiger partial charge < -0.3 is 5.32 Å². The summed E-state index contributed by atoms with van der Waals surface area (Å²) in [5, 5.41) is 13.0. The Bertz CT molecular complexity index is 1070. The molecule has 0 saturated heterocycles. The number of hydrogen-bond acceptors (Lipinski definition) is 2. The zero-order valence-electron chi connectivity index (χ0n) is 13.3. The molecule has 3 aromatic heterocycles. The first kappa shape index (κ1) is 14.2. The molecule has 5 nitrogen and oxygen atoms in total. The molecule has 0 unspecified atom stereocenters. The molecule has 1 aromatic carbocycles. The molecule has 116 valence electrons. The van der Waals surface area contributed by atoms with Crippen molar-refractivity contribution in [1.29, 1.82) is 5.26 Å². The second kappa shape index (κ2) is 5.67. The molecule has 0 spiro atoms. The summed E-state index contributed by atoms with van der Waals surface area (Å²) in [6.07, 6.45) is 3.82. The molecule has 0 bridgehead atoms. The van der Waals surface area contributed by atoms with Crippen LogP contribution in [0, 0.1) is 18.3 Å². The molecule has 0 aliphatic carbocycles. The van der Waals surface area contributed by atoms with Gasteiger partial charge in [-0.15, -0.1) is 0 Å². The Balaban J connectivity index is 1.90. The van der Waals surface area contributed by atoms with Crippen LogP contribution in [0.25, 0.3) is 16.7 Å². The van der Waals surface area contributed by atoms with E-state index in [-0.39, 0.29) is 0 Å². The molecule has 0 aliphatic rings. The van der Waals surface area contributed by atoms with Gasteiger partial charge in [-0.25, -0.2) is 4.98 Å².